The molecule has 1 amide bonds. The molecule has 0 radical (unpaired) electrons. The maximum Gasteiger partial charge on any atom is 0.416 e. The largest absolute Gasteiger partial charge is 0.484 e. The van der Waals surface area contributed by atoms with Crippen molar-refractivity contribution in [1.29, 1.82) is 0 Å². The SMILES string of the molecule is O=C(COc1ccc(C(F)(F)F)cc1)NCC1(C(=O)O)CC1. The Hall–Kier alpha value is -2.25. The fraction of sp³-hybridized carbons (Fsp3) is 0.429. The van der Waals surface area contributed by atoms with Crippen LogP contribution in [-0.4, -0.2) is 30.1 Å². The van der Waals surface area contributed by atoms with Crippen LogP contribution in [0.15, 0.2) is 24.3 Å². The van der Waals surface area contributed by atoms with Crippen LogP contribution in [0.25, 0.3) is 0 Å². The first kappa shape index (κ1) is 16.1. The van der Waals surface area contributed by atoms with E-state index in [4.69, 9.17) is 9.84 Å². The van der Waals surface area contributed by atoms with Gasteiger partial charge in [-0.15, -0.1) is 0 Å². The van der Waals surface area contributed by atoms with Gasteiger partial charge in [-0.2, -0.15) is 13.2 Å². The van der Waals surface area contributed by atoms with Crippen LogP contribution in [0.4, 0.5) is 13.2 Å². The van der Waals surface area contributed by atoms with E-state index in [9.17, 15) is 22.8 Å². The second-order valence-electron chi connectivity index (χ2n) is 5.17. The third-order valence-corrected chi connectivity index (χ3v) is 3.48. The van der Waals surface area contributed by atoms with Crippen LogP contribution in [-0.2, 0) is 15.8 Å². The summed E-state index contributed by atoms with van der Waals surface area (Å²) in [5.74, 6) is -1.34. The number of hydrogen-bond donors (Lipinski definition) is 2. The number of benzene rings is 1. The zero-order chi connectivity index (χ0) is 16.4. The topological polar surface area (TPSA) is 75.6 Å². The maximum absolute atomic E-state index is 12.4. The maximum atomic E-state index is 12.4. The summed E-state index contributed by atoms with van der Waals surface area (Å²) in [7, 11) is 0. The van der Waals surface area contributed by atoms with Gasteiger partial charge in [-0.3, -0.25) is 9.59 Å². The third kappa shape index (κ3) is 3.90. The molecule has 1 saturated carbocycles. The van der Waals surface area contributed by atoms with Crippen molar-refractivity contribution < 1.29 is 32.6 Å². The molecule has 120 valence electrons. The van der Waals surface area contributed by atoms with Crippen molar-refractivity contribution >= 4 is 11.9 Å². The molecular weight excluding hydrogens is 303 g/mol. The Bertz CT molecular complexity index is 564. The van der Waals surface area contributed by atoms with Crippen molar-refractivity contribution in [3.8, 4) is 5.75 Å². The fourth-order valence-corrected chi connectivity index (χ4v) is 1.82. The van der Waals surface area contributed by atoms with Gasteiger partial charge >= 0.3 is 12.1 Å². The summed E-state index contributed by atoms with van der Waals surface area (Å²) in [6.07, 6.45) is -3.39. The first-order valence-corrected chi connectivity index (χ1v) is 6.53. The van der Waals surface area contributed by atoms with Crippen LogP contribution in [0.2, 0.25) is 0 Å². The van der Waals surface area contributed by atoms with Crippen molar-refractivity contribution in [2.24, 2.45) is 5.41 Å². The molecule has 8 heteroatoms. The molecule has 2 rings (SSSR count). The lowest BCUT2D eigenvalue weighted by atomic mass is 10.1. The number of carboxylic acids is 1. The number of amides is 1. The molecule has 0 unspecified atom stereocenters. The highest BCUT2D eigenvalue weighted by atomic mass is 19.4. The van der Waals surface area contributed by atoms with E-state index in [0.29, 0.717) is 12.8 Å². The molecule has 2 N–H and O–H groups in total. The third-order valence-electron chi connectivity index (χ3n) is 3.48. The number of ether oxygens (including phenoxy) is 1. The predicted octanol–water partition coefficient (Wildman–Crippen LogP) is 2.07. The number of aliphatic carboxylic acids is 1. The molecule has 22 heavy (non-hydrogen) atoms. The lowest BCUT2D eigenvalue weighted by Gasteiger charge is -2.12. The molecule has 0 saturated heterocycles. The number of carbonyl (C=O) groups is 2. The molecule has 1 aliphatic rings. The Morgan fingerprint density at radius 1 is 1.23 bits per heavy atom. The van der Waals surface area contributed by atoms with Crippen LogP contribution in [0, 0.1) is 5.41 Å². The summed E-state index contributed by atoms with van der Waals surface area (Å²) in [5, 5.41) is 11.4. The minimum atomic E-state index is -4.43. The first-order valence-electron chi connectivity index (χ1n) is 6.53. The summed E-state index contributed by atoms with van der Waals surface area (Å²) < 4.78 is 42.1. The molecule has 0 bridgehead atoms. The van der Waals surface area contributed by atoms with Gasteiger partial charge in [0, 0.05) is 6.54 Å². The van der Waals surface area contributed by atoms with E-state index in [2.05, 4.69) is 5.32 Å². The summed E-state index contributed by atoms with van der Waals surface area (Å²) in [6, 6.07) is 3.96. The Morgan fingerprint density at radius 3 is 2.27 bits per heavy atom. The van der Waals surface area contributed by atoms with Gasteiger partial charge in [0.15, 0.2) is 6.61 Å². The number of nitrogens with one attached hydrogen (secondary N) is 1. The van der Waals surface area contributed by atoms with Crippen LogP contribution >= 0.6 is 0 Å². The van der Waals surface area contributed by atoms with Gasteiger partial charge < -0.3 is 15.2 Å². The van der Waals surface area contributed by atoms with Gasteiger partial charge in [0.2, 0.25) is 0 Å². The molecular formula is C14H14F3NO4. The quantitative estimate of drug-likeness (QED) is 0.842. The standard InChI is InChI=1S/C14H14F3NO4/c15-14(16,17)9-1-3-10(4-2-9)22-7-11(19)18-8-13(5-6-13)12(20)21/h1-4H,5-8H2,(H,18,19)(H,20,21). The van der Waals surface area contributed by atoms with Crippen LogP contribution in [0.3, 0.4) is 0 Å². The Morgan fingerprint density at radius 2 is 1.82 bits per heavy atom. The van der Waals surface area contributed by atoms with Crippen molar-refractivity contribution in [2.75, 3.05) is 13.2 Å². The molecule has 1 aliphatic carbocycles. The van der Waals surface area contributed by atoms with E-state index < -0.39 is 29.0 Å². The second kappa shape index (κ2) is 5.86. The number of halogens is 3. The molecule has 5 nitrogen and oxygen atoms in total. The van der Waals surface area contributed by atoms with Crippen molar-refractivity contribution in [2.45, 2.75) is 19.0 Å². The van der Waals surface area contributed by atoms with Gasteiger partial charge in [0.05, 0.1) is 11.0 Å². The van der Waals surface area contributed by atoms with E-state index in [1.165, 1.54) is 0 Å². The van der Waals surface area contributed by atoms with Gasteiger partial charge in [0.25, 0.3) is 5.91 Å². The van der Waals surface area contributed by atoms with Gasteiger partial charge in [-0.05, 0) is 37.1 Å². The number of carboxylic acid groups (broad SMARTS) is 1. The summed E-state index contributed by atoms with van der Waals surface area (Å²) >= 11 is 0. The summed E-state index contributed by atoms with van der Waals surface area (Å²) in [6.45, 7) is -0.362. The van der Waals surface area contributed by atoms with E-state index >= 15 is 0 Å². The second-order valence-corrected chi connectivity index (χ2v) is 5.17. The molecule has 0 aliphatic heterocycles. The Labute approximate surface area is 124 Å². The number of rotatable bonds is 6. The highest BCUT2D eigenvalue weighted by Gasteiger charge is 2.50. The highest BCUT2D eigenvalue weighted by Crippen LogP contribution is 2.45. The monoisotopic (exact) mass is 317 g/mol. The van der Waals surface area contributed by atoms with Crippen molar-refractivity contribution in [3.63, 3.8) is 0 Å². The molecule has 0 aromatic heterocycles. The van der Waals surface area contributed by atoms with Crippen molar-refractivity contribution in [1.82, 2.24) is 5.32 Å². The van der Waals surface area contributed by atoms with Crippen molar-refractivity contribution in [3.05, 3.63) is 29.8 Å². The number of carbonyl (C=O) groups excluding carboxylic acids is 1. The van der Waals surface area contributed by atoms with Gasteiger partial charge in [-0.1, -0.05) is 0 Å². The first-order chi connectivity index (χ1) is 10.2. The van der Waals surface area contributed by atoms with Gasteiger partial charge in [0.1, 0.15) is 5.75 Å². The van der Waals surface area contributed by atoms with E-state index in [1.807, 2.05) is 0 Å². The Kier molecular flexibility index (Phi) is 4.30. The summed E-state index contributed by atoms with van der Waals surface area (Å²) in [4.78, 5) is 22.4. The molecule has 1 fully saturated rings. The minimum Gasteiger partial charge on any atom is -0.484 e. The molecule has 0 atom stereocenters. The van der Waals surface area contributed by atoms with Gasteiger partial charge in [-0.25, -0.2) is 0 Å². The normalized spacial score (nSPS) is 16.0. The molecule has 0 heterocycles. The predicted molar refractivity (Wildman–Crippen MR) is 69.3 cm³/mol. The zero-order valence-electron chi connectivity index (χ0n) is 11.4. The van der Waals surface area contributed by atoms with E-state index in [1.54, 1.807) is 0 Å². The van der Waals surface area contributed by atoms with Crippen LogP contribution in [0.5, 0.6) is 5.75 Å². The molecule has 1 aromatic carbocycles. The Balaban J connectivity index is 1.78. The van der Waals surface area contributed by atoms with E-state index in [0.717, 1.165) is 24.3 Å². The average Bonchev–Trinajstić information content (AvgIpc) is 3.24. The van der Waals surface area contributed by atoms with Crippen LogP contribution < -0.4 is 10.1 Å². The minimum absolute atomic E-state index is 0.0253. The molecule has 0 spiro atoms. The average molecular weight is 317 g/mol. The number of alkyl halides is 3. The lowest BCUT2D eigenvalue weighted by Crippen LogP contribution is -2.36. The number of hydrogen-bond acceptors (Lipinski definition) is 3. The fourth-order valence-electron chi connectivity index (χ4n) is 1.82. The molecule has 1 aromatic rings. The zero-order valence-corrected chi connectivity index (χ0v) is 11.4. The summed E-state index contributed by atoms with van der Waals surface area (Å²) in [5.41, 5.74) is -1.68. The van der Waals surface area contributed by atoms with Crippen LogP contribution in [0.1, 0.15) is 18.4 Å². The smallest absolute Gasteiger partial charge is 0.416 e. The van der Waals surface area contributed by atoms with E-state index in [-0.39, 0.29) is 18.9 Å². The lowest BCUT2D eigenvalue weighted by molar-refractivity contribution is -0.143. The highest BCUT2D eigenvalue weighted by molar-refractivity contribution is 5.81.